The summed E-state index contributed by atoms with van der Waals surface area (Å²) in [5.41, 5.74) is 1.23. The van der Waals surface area contributed by atoms with Gasteiger partial charge in [0.15, 0.2) is 0 Å². The first-order valence-electron chi connectivity index (χ1n) is 7.50. The van der Waals surface area contributed by atoms with Crippen LogP contribution < -0.4 is 10.1 Å². The zero-order valence-corrected chi connectivity index (χ0v) is 15.5. The third-order valence-corrected chi connectivity index (χ3v) is 4.27. The van der Waals surface area contributed by atoms with E-state index in [1.165, 1.54) is 6.07 Å². The molecule has 0 aromatic heterocycles. The van der Waals surface area contributed by atoms with E-state index in [9.17, 15) is 9.90 Å². The summed E-state index contributed by atoms with van der Waals surface area (Å²) in [4.78, 5) is 14.4. The molecule has 24 heavy (non-hydrogen) atoms. The van der Waals surface area contributed by atoms with Gasteiger partial charge in [0.1, 0.15) is 11.5 Å². The summed E-state index contributed by atoms with van der Waals surface area (Å²) in [6, 6.07) is 12.4. The van der Waals surface area contributed by atoms with E-state index in [1.54, 1.807) is 19.2 Å². The highest BCUT2D eigenvalue weighted by Crippen LogP contribution is 2.28. The Morgan fingerprint density at radius 2 is 2.00 bits per heavy atom. The third kappa shape index (κ3) is 4.27. The van der Waals surface area contributed by atoms with E-state index in [0.29, 0.717) is 6.54 Å². The predicted octanol–water partition coefficient (Wildman–Crippen LogP) is 3.20. The second kappa shape index (κ2) is 8.17. The number of likely N-dealkylation sites (N-methyl/N-ethyl adjacent to an activating group) is 1. The Morgan fingerprint density at radius 1 is 1.29 bits per heavy atom. The zero-order valence-electron chi connectivity index (χ0n) is 13.9. The Balaban J connectivity index is 2.17. The second-order valence-corrected chi connectivity index (χ2v) is 6.51. The van der Waals surface area contributed by atoms with E-state index in [-0.39, 0.29) is 23.3 Å². The first kappa shape index (κ1) is 18.3. The average molecular weight is 393 g/mol. The fourth-order valence-electron chi connectivity index (χ4n) is 2.49. The lowest BCUT2D eigenvalue weighted by atomic mass is 10.0. The molecule has 2 aromatic rings. The van der Waals surface area contributed by atoms with Crippen LogP contribution in [0.15, 0.2) is 46.9 Å². The highest BCUT2D eigenvalue weighted by Gasteiger charge is 2.20. The number of ether oxygens (including phenoxy) is 1. The number of hydrogen-bond acceptors (Lipinski definition) is 4. The maximum Gasteiger partial charge on any atom is 0.255 e. The number of phenolic OH excluding ortho intramolecular Hbond substituents is 1. The molecule has 2 N–H and O–H groups in total. The predicted molar refractivity (Wildman–Crippen MR) is 97.6 cm³/mol. The second-order valence-electron chi connectivity index (χ2n) is 5.59. The Hall–Kier alpha value is -2.05. The van der Waals surface area contributed by atoms with Crippen LogP contribution in [0.5, 0.6) is 11.5 Å². The highest BCUT2D eigenvalue weighted by atomic mass is 79.9. The fraction of sp³-hybridized carbons (Fsp3) is 0.278. The molecule has 128 valence electrons. The van der Waals surface area contributed by atoms with Crippen LogP contribution in [-0.2, 0) is 0 Å². The molecule has 0 aliphatic rings. The molecule has 0 aliphatic carbocycles. The van der Waals surface area contributed by atoms with E-state index >= 15 is 0 Å². The molecule has 5 nitrogen and oxygen atoms in total. The minimum Gasteiger partial charge on any atom is -0.507 e. The van der Waals surface area contributed by atoms with Gasteiger partial charge < -0.3 is 20.1 Å². The van der Waals surface area contributed by atoms with Gasteiger partial charge in [0.25, 0.3) is 5.91 Å². The molecule has 0 radical (unpaired) electrons. The van der Waals surface area contributed by atoms with E-state index < -0.39 is 0 Å². The molecule has 0 unspecified atom stereocenters. The summed E-state index contributed by atoms with van der Waals surface area (Å²) in [6.07, 6.45) is 0. The molecule has 0 heterocycles. The number of rotatable bonds is 6. The molecule has 1 atom stereocenters. The van der Waals surface area contributed by atoms with Crippen molar-refractivity contribution in [2.24, 2.45) is 0 Å². The van der Waals surface area contributed by atoms with E-state index in [1.807, 2.05) is 43.3 Å². The number of hydrogen-bond donors (Lipinski definition) is 2. The fourth-order valence-corrected chi connectivity index (χ4v) is 2.85. The zero-order chi connectivity index (χ0) is 17.7. The molecule has 2 rings (SSSR count). The molecular formula is C18H21BrN2O3. The first-order valence-corrected chi connectivity index (χ1v) is 8.29. The third-order valence-electron chi connectivity index (χ3n) is 3.78. The molecule has 1 amide bonds. The molecule has 0 saturated carbocycles. The summed E-state index contributed by atoms with van der Waals surface area (Å²) in [7, 11) is 5.52. The number of para-hydroxylation sites is 1. The van der Waals surface area contributed by atoms with Crippen LogP contribution >= 0.6 is 15.9 Å². The number of phenols is 1. The van der Waals surface area contributed by atoms with Crippen LogP contribution in [0, 0.1) is 0 Å². The SMILES string of the molecule is COc1ccccc1[C@@H](CNC(=O)c1cc(Br)ccc1O)N(C)C. The summed E-state index contributed by atoms with van der Waals surface area (Å²) in [6.45, 7) is 0.387. The van der Waals surface area contributed by atoms with Crippen LogP contribution in [0.2, 0.25) is 0 Å². The molecule has 0 spiro atoms. The van der Waals surface area contributed by atoms with Gasteiger partial charge in [-0.2, -0.15) is 0 Å². The van der Waals surface area contributed by atoms with Crippen molar-refractivity contribution < 1.29 is 14.6 Å². The molecule has 0 fully saturated rings. The maximum atomic E-state index is 12.4. The van der Waals surface area contributed by atoms with Crippen LogP contribution in [0.1, 0.15) is 22.0 Å². The Morgan fingerprint density at radius 3 is 2.67 bits per heavy atom. The van der Waals surface area contributed by atoms with Crippen molar-refractivity contribution in [3.8, 4) is 11.5 Å². The summed E-state index contributed by atoms with van der Waals surface area (Å²) >= 11 is 3.31. The normalized spacial score (nSPS) is 12.0. The van der Waals surface area contributed by atoms with Crippen molar-refractivity contribution >= 4 is 21.8 Å². The van der Waals surface area contributed by atoms with Crippen molar-refractivity contribution in [1.82, 2.24) is 10.2 Å². The monoisotopic (exact) mass is 392 g/mol. The summed E-state index contributed by atoms with van der Waals surface area (Å²) in [5, 5.41) is 12.7. The summed E-state index contributed by atoms with van der Waals surface area (Å²) in [5.74, 6) is 0.403. The van der Waals surface area contributed by atoms with Crippen molar-refractivity contribution in [3.63, 3.8) is 0 Å². The van der Waals surface area contributed by atoms with Gasteiger partial charge >= 0.3 is 0 Å². The number of nitrogens with one attached hydrogen (secondary N) is 1. The van der Waals surface area contributed by atoms with Gasteiger partial charge in [0, 0.05) is 16.6 Å². The molecule has 2 aromatic carbocycles. The van der Waals surface area contributed by atoms with Crippen molar-refractivity contribution in [2.75, 3.05) is 27.7 Å². The van der Waals surface area contributed by atoms with Gasteiger partial charge in [-0.1, -0.05) is 34.1 Å². The number of aromatic hydroxyl groups is 1. The number of carbonyl (C=O) groups excluding carboxylic acids is 1. The standard InChI is InChI=1S/C18H21BrN2O3/c1-21(2)15(13-6-4-5-7-17(13)24-3)11-20-18(23)14-10-12(19)8-9-16(14)22/h4-10,15,22H,11H2,1-3H3,(H,20,23)/t15-/m1/s1. The molecule has 0 aliphatic heterocycles. The van der Waals surface area contributed by atoms with E-state index in [2.05, 4.69) is 21.2 Å². The van der Waals surface area contributed by atoms with E-state index in [0.717, 1.165) is 15.8 Å². The quantitative estimate of drug-likeness (QED) is 0.792. The Bertz CT molecular complexity index is 719. The maximum absolute atomic E-state index is 12.4. The van der Waals surface area contributed by atoms with Crippen LogP contribution in [0.25, 0.3) is 0 Å². The lowest BCUT2D eigenvalue weighted by Crippen LogP contribution is -2.34. The van der Waals surface area contributed by atoms with Gasteiger partial charge in [-0.15, -0.1) is 0 Å². The average Bonchev–Trinajstić information content (AvgIpc) is 2.57. The molecule has 0 bridgehead atoms. The number of methoxy groups -OCH3 is 1. The van der Waals surface area contributed by atoms with Crippen LogP contribution in [-0.4, -0.2) is 43.7 Å². The van der Waals surface area contributed by atoms with Gasteiger partial charge in [-0.05, 0) is 38.4 Å². The van der Waals surface area contributed by atoms with Crippen molar-refractivity contribution in [1.29, 1.82) is 0 Å². The highest BCUT2D eigenvalue weighted by molar-refractivity contribution is 9.10. The lowest BCUT2D eigenvalue weighted by molar-refractivity contribution is 0.0938. The number of benzene rings is 2. The van der Waals surface area contributed by atoms with Gasteiger partial charge in [-0.25, -0.2) is 0 Å². The topological polar surface area (TPSA) is 61.8 Å². The van der Waals surface area contributed by atoms with Crippen molar-refractivity contribution in [2.45, 2.75) is 6.04 Å². The minimum absolute atomic E-state index is 0.0469. The Kier molecular flexibility index (Phi) is 6.23. The van der Waals surface area contributed by atoms with E-state index in [4.69, 9.17) is 4.74 Å². The summed E-state index contributed by atoms with van der Waals surface area (Å²) < 4.78 is 6.15. The number of halogens is 1. The lowest BCUT2D eigenvalue weighted by Gasteiger charge is -2.26. The Labute approximate surface area is 150 Å². The number of carbonyl (C=O) groups is 1. The van der Waals surface area contributed by atoms with Gasteiger partial charge in [0.05, 0.1) is 18.7 Å². The van der Waals surface area contributed by atoms with Crippen LogP contribution in [0.3, 0.4) is 0 Å². The number of nitrogens with zero attached hydrogens (tertiary/aromatic N) is 1. The largest absolute Gasteiger partial charge is 0.507 e. The van der Waals surface area contributed by atoms with Crippen LogP contribution in [0.4, 0.5) is 0 Å². The molecule has 0 saturated heterocycles. The van der Waals surface area contributed by atoms with Gasteiger partial charge in [0.2, 0.25) is 0 Å². The first-order chi connectivity index (χ1) is 11.4. The van der Waals surface area contributed by atoms with Gasteiger partial charge in [-0.3, -0.25) is 4.79 Å². The smallest absolute Gasteiger partial charge is 0.255 e. The molecule has 6 heteroatoms. The minimum atomic E-state index is -0.324. The number of amides is 1. The molecular weight excluding hydrogens is 372 g/mol. The van der Waals surface area contributed by atoms with Crippen molar-refractivity contribution in [3.05, 3.63) is 58.1 Å².